The second-order valence-corrected chi connectivity index (χ2v) is 8.18. The Bertz CT molecular complexity index is 205. The Kier molecular flexibility index (Phi) is 2.95. The third-order valence-electron chi connectivity index (χ3n) is 2.81. The van der Waals surface area contributed by atoms with Gasteiger partial charge in [0.05, 0.1) is 25.4 Å². The Morgan fingerprint density at radius 3 is 2.36 bits per heavy atom. The lowest BCUT2D eigenvalue weighted by Gasteiger charge is -2.23. The first-order chi connectivity index (χ1) is 6.55. The van der Waals surface area contributed by atoms with Gasteiger partial charge in [-0.3, -0.25) is 0 Å². The normalized spacial score (nSPS) is 32.8. The second kappa shape index (κ2) is 3.90. The summed E-state index contributed by atoms with van der Waals surface area (Å²) in [5, 5.41) is 12.3. The number of hydrogen-bond donors (Lipinski definition) is 2. The molecule has 0 aromatic rings. The summed E-state index contributed by atoms with van der Waals surface area (Å²) in [6.07, 6.45) is 1.99. The zero-order valence-corrected chi connectivity index (χ0v) is 9.74. The van der Waals surface area contributed by atoms with Gasteiger partial charge in [-0.2, -0.15) is 0 Å². The highest BCUT2D eigenvalue weighted by Gasteiger charge is 2.36. The van der Waals surface area contributed by atoms with Crippen LogP contribution < -0.4 is 10.8 Å². The molecule has 2 heterocycles. The molecule has 3 unspecified atom stereocenters. The van der Waals surface area contributed by atoms with E-state index in [1.807, 2.05) is 0 Å². The summed E-state index contributed by atoms with van der Waals surface area (Å²) < 4.78 is 10.4. The van der Waals surface area contributed by atoms with Crippen molar-refractivity contribution in [3.8, 4) is 0 Å². The van der Waals surface area contributed by atoms with E-state index >= 15 is 0 Å². The third-order valence-corrected chi connectivity index (χ3v) is 5.48. The molecule has 2 rings (SSSR count). The molecular formula is C9H20N2O2Si. The quantitative estimate of drug-likeness (QED) is 0.490. The molecule has 14 heavy (non-hydrogen) atoms. The fourth-order valence-electron chi connectivity index (χ4n) is 2.08. The Hall–Kier alpha value is 0.0569. The summed E-state index contributed by atoms with van der Waals surface area (Å²) in [6.45, 7) is 4.01. The van der Waals surface area contributed by atoms with Crippen molar-refractivity contribution in [2.75, 3.05) is 13.2 Å². The van der Waals surface area contributed by atoms with E-state index in [1.54, 1.807) is 0 Å². The Balaban J connectivity index is 1.69. The molecule has 0 aromatic heterocycles. The molecule has 82 valence electrons. The topological polar surface area (TPSA) is 77.1 Å². The molecule has 4 nitrogen and oxygen atoms in total. The molecule has 0 aliphatic carbocycles. The van der Waals surface area contributed by atoms with E-state index in [0.29, 0.717) is 18.1 Å². The van der Waals surface area contributed by atoms with E-state index in [1.165, 1.54) is 0 Å². The minimum Gasteiger partial charge on any atom is -0.373 e. The monoisotopic (exact) mass is 216 g/mol. The third kappa shape index (κ3) is 3.66. The maximum Gasteiger partial charge on any atom is 0.199 e. The number of nitrogens with two attached hydrogens (primary N) is 2. The first-order valence-corrected chi connectivity index (χ1v) is 7.93. The highest BCUT2D eigenvalue weighted by atomic mass is 28.3. The second-order valence-electron chi connectivity index (χ2n) is 4.89. The molecule has 2 aliphatic heterocycles. The van der Waals surface area contributed by atoms with Crippen molar-refractivity contribution in [2.24, 2.45) is 16.7 Å². The zero-order chi connectivity index (χ0) is 10.2. The smallest absolute Gasteiger partial charge is 0.199 e. The van der Waals surface area contributed by atoms with Crippen molar-refractivity contribution >= 4 is 8.40 Å². The summed E-state index contributed by atoms with van der Waals surface area (Å²) in [4.78, 5) is 0. The van der Waals surface area contributed by atoms with Crippen molar-refractivity contribution < 1.29 is 9.47 Å². The van der Waals surface area contributed by atoms with E-state index in [0.717, 1.165) is 31.7 Å². The Morgan fingerprint density at radius 1 is 1.29 bits per heavy atom. The molecule has 2 aliphatic rings. The minimum absolute atomic E-state index is 0.376. The van der Waals surface area contributed by atoms with E-state index in [-0.39, 0.29) is 0 Å². The van der Waals surface area contributed by atoms with Gasteiger partial charge in [-0.25, -0.2) is 0 Å². The largest absolute Gasteiger partial charge is 0.373 e. The molecule has 0 spiro atoms. The predicted molar refractivity (Wildman–Crippen MR) is 57.0 cm³/mol. The maximum absolute atomic E-state index is 6.15. The van der Waals surface area contributed by atoms with Crippen molar-refractivity contribution in [1.29, 1.82) is 0 Å². The van der Waals surface area contributed by atoms with Crippen LogP contribution in [0.2, 0.25) is 12.1 Å². The Labute approximate surface area is 86.1 Å². The first-order valence-electron chi connectivity index (χ1n) is 5.36. The van der Waals surface area contributed by atoms with E-state index in [2.05, 4.69) is 6.92 Å². The van der Waals surface area contributed by atoms with Gasteiger partial charge in [0.2, 0.25) is 0 Å². The summed E-state index contributed by atoms with van der Waals surface area (Å²) in [5.41, 5.74) is 0. The van der Waals surface area contributed by atoms with Crippen LogP contribution in [0.15, 0.2) is 0 Å². The van der Waals surface area contributed by atoms with Gasteiger partial charge in [0.15, 0.2) is 8.40 Å². The maximum atomic E-state index is 6.15. The number of ether oxygens (including phenoxy) is 2. The van der Waals surface area contributed by atoms with Crippen LogP contribution in [0.5, 0.6) is 0 Å². The summed E-state index contributed by atoms with van der Waals surface area (Å²) >= 11 is 0. The first kappa shape index (κ1) is 10.6. The van der Waals surface area contributed by atoms with Gasteiger partial charge in [0.1, 0.15) is 0 Å². The van der Waals surface area contributed by atoms with Crippen molar-refractivity contribution in [3.63, 3.8) is 0 Å². The molecule has 0 saturated carbocycles. The molecule has 2 fully saturated rings. The number of rotatable bonds is 6. The fourth-order valence-corrected chi connectivity index (χ4v) is 4.79. The van der Waals surface area contributed by atoms with Gasteiger partial charge in [0, 0.05) is 0 Å². The van der Waals surface area contributed by atoms with Gasteiger partial charge in [-0.1, -0.05) is 6.92 Å². The molecule has 0 amide bonds. The molecule has 0 aromatic carbocycles. The van der Waals surface area contributed by atoms with Gasteiger partial charge in [-0.05, 0) is 24.4 Å². The van der Waals surface area contributed by atoms with E-state index in [9.17, 15) is 0 Å². The van der Waals surface area contributed by atoms with Gasteiger partial charge in [0.25, 0.3) is 0 Å². The van der Waals surface area contributed by atoms with E-state index in [4.69, 9.17) is 20.3 Å². The van der Waals surface area contributed by atoms with Crippen LogP contribution in [0.1, 0.15) is 13.3 Å². The van der Waals surface area contributed by atoms with Crippen LogP contribution in [0, 0.1) is 5.92 Å². The fraction of sp³-hybridized carbons (Fsp3) is 1.00. The molecule has 4 N–H and O–H groups in total. The van der Waals surface area contributed by atoms with Crippen LogP contribution in [0.3, 0.4) is 0 Å². The van der Waals surface area contributed by atoms with Gasteiger partial charge >= 0.3 is 0 Å². The molecule has 5 heteroatoms. The SMILES string of the molecule is CC(CC1CO1)C[Si](N)(N)CC1CO1. The van der Waals surface area contributed by atoms with Gasteiger partial charge in [-0.15, -0.1) is 0 Å². The predicted octanol–water partition coefficient (Wildman–Crippen LogP) is 0.170. The number of epoxide rings is 2. The standard InChI is InChI=1S/C9H20N2O2Si/c1-7(2-8-3-12-8)5-14(10,11)6-9-4-13-9/h7-9H,2-6,10-11H2,1H3. The van der Waals surface area contributed by atoms with Crippen LogP contribution in [-0.2, 0) is 9.47 Å². The molecule has 2 saturated heterocycles. The van der Waals surface area contributed by atoms with Crippen molar-refractivity contribution in [1.82, 2.24) is 0 Å². The summed E-state index contributed by atoms with van der Waals surface area (Å²) in [6, 6.07) is 1.91. The summed E-state index contributed by atoms with van der Waals surface area (Å²) in [5.74, 6) is 0.600. The average Bonchev–Trinajstić information content (AvgIpc) is 2.81. The number of hydrogen-bond acceptors (Lipinski definition) is 4. The summed E-state index contributed by atoms with van der Waals surface area (Å²) in [7, 11) is -1.99. The van der Waals surface area contributed by atoms with Crippen LogP contribution in [0.4, 0.5) is 0 Å². The lowest BCUT2D eigenvalue weighted by molar-refractivity contribution is 0.368. The average molecular weight is 216 g/mol. The van der Waals surface area contributed by atoms with Crippen molar-refractivity contribution in [2.45, 2.75) is 37.6 Å². The molecule has 3 atom stereocenters. The highest BCUT2D eigenvalue weighted by Crippen LogP contribution is 2.26. The zero-order valence-electron chi connectivity index (χ0n) is 8.74. The lowest BCUT2D eigenvalue weighted by Crippen LogP contribution is -2.57. The molecule has 0 radical (unpaired) electrons. The lowest BCUT2D eigenvalue weighted by atomic mass is 10.1. The van der Waals surface area contributed by atoms with Gasteiger partial charge < -0.3 is 20.3 Å². The molecule has 0 bridgehead atoms. The molecular weight excluding hydrogens is 196 g/mol. The van der Waals surface area contributed by atoms with Crippen molar-refractivity contribution in [3.05, 3.63) is 0 Å². The van der Waals surface area contributed by atoms with Crippen LogP contribution in [-0.4, -0.2) is 33.8 Å². The minimum atomic E-state index is -1.99. The van der Waals surface area contributed by atoms with E-state index < -0.39 is 8.40 Å². The van der Waals surface area contributed by atoms with Crippen LogP contribution in [0.25, 0.3) is 0 Å². The highest BCUT2D eigenvalue weighted by molar-refractivity contribution is 6.73. The van der Waals surface area contributed by atoms with Crippen LogP contribution >= 0.6 is 0 Å². The Morgan fingerprint density at radius 2 is 1.86 bits per heavy atom.